The van der Waals surface area contributed by atoms with E-state index in [1.807, 2.05) is 26.0 Å². The molecule has 4 nitrogen and oxygen atoms in total. The van der Waals surface area contributed by atoms with Crippen LogP contribution in [0.2, 0.25) is 0 Å². The van der Waals surface area contributed by atoms with E-state index in [-0.39, 0.29) is 12.1 Å². The van der Waals surface area contributed by atoms with Crippen LogP contribution in [-0.2, 0) is 21.2 Å². The number of aryl methyl sites for hydroxylation is 1. The topological polar surface area (TPSA) is 46.6 Å². The van der Waals surface area contributed by atoms with Gasteiger partial charge in [0, 0.05) is 18.5 Å². The molecule has 6 heteroatoms. The molecule has 112 valence electrons. The molecular weight excluding hydrogens is 298 g/mol. The van der Waals surface area contributed by atoms with Crippen LogP contribution >= 0.6 is 11.6 Å². The summed E-state index contributed by atoms with van der Waals surface area (Å²) in [6, 6.07) is 6.82. The second kappa shape index (κ2) is 6.43. The molecule has 1 aliphatic heterocycles. The Morgan fingerprint density at radius 2 is 1.95 bits per heavy atom. The van der Waals surface area contributed by atoms with Gasteiger partial charge in [0.1, 0.15) is 0 Å². The van der Waals surface area contributed by atoms with Crippen LogP contribution in [0.3, 0.4) is 0 Å². The minimum Gasteiger partial charge on any atom is -0.375 e. The Morgan fingerprint density at radius 1 is 1.30 bits per heavy atom. The zero-order chi connectivity index (χ0) is 14.8. The fraction of sp³-hybridized carbons (Fsp3) is 0.571. The van der Waals surface area contributed by atoms with Crippen molar-refractivity contribution in [1.29, 1.82) is 0 Å². The van der Waals surface area contributed by atoms with Gasteiger partial charge in [-0.15, -0.1) is 11.6 Å². The number of ether oxygens (including phenoxy) is 1. The van der Waals surface area contributed by atoms with Gasteiger partial charge in [-0.3, -0.25) is 0 Å². The molecule has 0 amide bonds. The molecule has 2 atom stereocenters. The van der Waals surface area contributed by atoms with Crippen molar-refractivity contribution >= 4 is 21.6 Å². The Morgan fingerprint density at radius 3 is 2.55 bits per heavy atom. The summed E-state index contributed by atoms with van der Waals surface area (Å²) >= 11 is 5.68. The van der Waals surface area contributed by atoms with E-state index in [0.29, 0.717) is 23.9 Å². The standard InChI is InChI=1S/C14H20ClNO3S/c1-11-10-19-12(2)9-16(11)20(17,18)14-5-3-13(4-6-14)7-8-15/h3-6,11-12H,7-10H2,1-2H3. The van der Waals surface area contributed by atoms with Gasteiger partial charge in [0.2, 0.25) is 10.0 Å². The number of benzene rings is 1. The zero-order valence-corrected chi connectivity index (χ0v) is 13.3. The highest BCUT2D eigenvalue weighted by Gasteiger charge is 2.33. The maximum Gasteiger partial charge on any atom is 0.243 e. The largest absolute Gasteiger partial charge is 0.375 e. The van der Waals surface area contributed by atoms with E-state index in [1.54, 1.807) is 12.1 Å². The van der Waals surface area contributed by atoms with E-state index in [4.69, 9.17) is 16.3 Å². The molecule has 0 bridgehead atoms. The lowest BCUT2D eigenvalue weighted by Crippen LogP contribution is -2.50. The molecule has 0 radical (unpaired) electrons. The summed E-state index contributed by atoms with van der Waals surface area (Å²) in [4.78, 5) is 0.330. The number of alkyl halides is 1. The monoisotopic (exact) mass is 317 g/mol. The number of morpholine rings is 1. The number of sulfonamides is 1. The summed E-state index contributed by atoms with van der Waals surface area (Å²) in [5.74, 6) is 0.532. The Labute approximate surface area is 125 Å². The first-order chi connectivity index (χ1) is 9.45. The molecule has 2 unspecified atom stereocenters. The number of hydrogen-bond acceptors (Lipinski definition) is 3. The molecule has 0 spiro atoms. The van der Waals surface area contributed by atoms with Crippen molar-refractivity contribution in [2.75, 3.05) is 19.0 Å². The number of rotatable bonds is 4. The van der Waals surface area contributed by atoms with Crippen LogP contribution in [0.4, 0.5) is 0 Å². The molecule has 0 aromatic heterocycles. The maximum atomic E-state index is 12.7. The average molecular weight is 318 g/mol. The van der Waals surface area contributed by atoms with Crippen LogP contribution in [0, 0.1) is 0 Å². The molecule has 0 saturated carbocycles. The van der Waals surface area contributed by atoms with Crippen molar-refractivity contribution in [2.45, 2.75) is 37.3 Å². The third kappa shape index (κ3) is 3.34. The Balaban J connectivity index is 2.24. The molecule has 2 rings (SSSR count). The molecule has 1 aromatic rings. The predicted octanol–water partition coefficient (Wildman–Crippen LogP) is 2.27. The molecule has 1 saturated heterocycles. The minimum absolute atomic E-state index is 0.0727. The molecule has 0 N–H and O–H groups in total. The zero-order valence-electron chi connectivity index (χ0n) is 11.8. The first-order valence-electron chi connectivity index (χ1n) is 6.73. The summed E-state index contributed by atoms with van der Waals surface area (Å²) in [7, 11) is -3.46. The van der Waals surface area contributed by atoms with Crippen molar-refractivity contribution < 1.29 is 13.2 Å². The highest BCUT2D eigenvalue weighted by atomic mass is 35.5. The normalized spacial score (nSPS) is 24.8. The van der Waals surface area contributed by atoms with E-state index in [2.05, 4.69) is 0 Å². The van der Waals surface area contributed by atoms with Gasteiger partial charge < -0.3 is 4.74 Å². The van der Waals surface area contributed by atoms with Gasteiger partial charge in [-0.05, 0) is 38.0 Å². The summed E-state index contributed by atoms with van der Waals surface area (Å²) in [6.07, 6.45) is 0.670. The summed E-state index contributed by atoms with van der Waals surface area (Å²) in [6.45, 7) is 4.58. The average Bonchev–Trinajstić information content (AvgIpc) is 2.42. The predicted molar refractivity (Wildman–Crippen MR) is 79.6 cm³/mol. The highest BCUT2D eigenvalue weighted by molar-refractivity contribution is 7.89. The molecule has 1 heterocycles. The Kier molecular flexibility index (Phi) is 5.07. The maximum absolute atomic E-state index is 12.7. The molecule has 20 heavy (non-hydrogen) atoms. The highest BCUT2D eigenvalue weighted by Crippen LogP contribution is 2.22. The van der Waals surface area contributed by atoms with Gasteiger partial charge in [-0.2, -0.15) is 4.31 Å². The molecule has 1 aliphatic rings. The van der Waals surface area contributed by atoms with Crippen LogP contribution in [0.5, 0.6) is 0 Å². The second-order valence-electron chi connectivity index (χ2n) is 5.15. The van der Waals surface area contributed by atoms with E-state index < -0.39 is 10.0 Å². The van der Waals surface area contributed by atoms with Crippen LogP contribution < -0.4 is 0 Å². The van der Waals surface area contributed by atoms with E-state index in [0.717, 1.165) is 12.0 Å². The summed E-state index contributed by atoms with van der Waals surface area (Å²) in [5, 5.41) is 0. The lowest BCUT2D eigenvalue weighted by molar-refractivity contribution is -0.0170. The van der Waals surface area contributed by atoms with Crippen molar-refractivity contribution in [3.8, 4) is 0 Å². The van der Waals surface area contributed by atoms with Crippen molar-refractivity contribution in [2.24, 2.45) is 0 Å². The van der Waals surface area contributed by atoms with Gasteiger partial charge in [-0.25, -0.2) is 8.42 Å². The van der Waals surface area contributed by atoms with Gasteiger partial charge in [0.15, 0.2) is 0 Å². The van der Waals surface area contributed by atoms with E-state index in [1.165, 1.54) is 4.31 Å². The number of hydrogen-bond donors (Lipinski definition) is 0. The Hall–Kier alpha value is -0.620. The van der Waals surface area contributed by atoms with Crippen LogP contribution in [-0.4, -0.2) is 43.9 Å². The lowest BCUT2D eigenvalue weighted by Gasteiger charge is -2.35. The number of nitrogens with zero attached hydrogens (tertiary/aromatic N) is 1. The van der Waals surface area contributed by atoms with Crippen LogP contribution in [0.25, 0.3) is 0 Å². The van der Waals surface area contributed by atoms with Crippen molar-refractivity contribution in [3.05, 3.63) is 29.8 Å². The fourth-order valence-corrected chi connectivity index (χ4v) is 4.19. The first kappa shape index (κ1) is 15.8. The second-order valence-corrected chi connectivity index (χ2v) is 7.42. The molecule has 0 aliphatic carbocycles. The van der Waals surface area contributed by atoms with Crippen LogP contribution in [0.15, 0.2) is 29.2 Å². The summed E-state index contributed by atoms with van der Waals surface area (Å²) < 4.78 is 32.3. The van der Waals surface area contributed by atoms with E-state index in [9.17, 15) is 8.42 Å². The SMILES string of the molecule is CC1CN(S(=O)(=O)c2ccc(CCCl)cc2)C(C)CO1. The third-order valence-electron chi connectivity index (χ3n) is 3.46. The van der Waals surface area contributed by atoms with Crippen LogP contribution in [0.1, 0.15) is 19.4 Å². The fourth-order valence-electron chi connectivity index (χ4n) is 2.28. The van der Waals surface area contributed by atoms with E-state index >= 15 is 0 Å². The van der Waals surface area contributed by atoms with Gasteiger partial charge in [-0.1, -0.05) is 12.1 Å². The Bertz CT molecular complexity index is 544. The number of halogens is 1. The van der Waals surface area contributed by atoms with Gasteiger partial charge in [0.05, 0.1) is 17.6 Å². The van der Waals surface area contributed by atoms with Gasteiger partial charge >= 0.3 is 0 Å². The molecule has 1 fully saturated rings. The summed E-state index contributed by atoms with van der Waals surface area (Å²) in [5.41, 5.74) is 1.04. The van der Waals surface area contributed by atoms with Gasteiger partial charge in [0.25, 0.3) is 0 Å². The molecule has 1 aromatic carbocycles. The smallest absolute Gasteiger partial charge is 0.243 e. The minimum atomic E-state index is -3.46. The lowest BCUT2D eigenvalue weighted by atomic mass is 10.2. The third-order valence-corrected chi connectivity index (χ3v) is 5.65. The molecular formula is C14H20ClNO3S. The van der Waals surface area contributed by atoms with Crippen molar-refractivity contribution in [1.82, 2.24) is 4.31 Å². The van der Waals surface area contributed by atoms with Crippen molar-refractivity contribution in [3.63, 3.8) is 0 Å². The first-order valence-corrected chi connectivity index (χ1v) is 8.71. The quantitative estimate of drug-likeness (QED) is 0.800.